The lowest BCUT2D eigenvalue weighted by atomic mass is 9.94. The highest BCUT2D eigenvalue weighted by atomic mass is 32.2. The SMILES string of the molecule is CSc1ccc(S(=O)(=O)C[C@@H]2CCNC[C@@H]2NC(=O)CNC(=O)c2cc(C(F)(F)F)ccc2NC(=O)N2CCC2)cc1. The Morgan fingerprint density at radius 1 is 1.10 bits per heavy atom. The molecule has 2 aliphatic heterocycles. The van der Waals surface area contributed by atoms with Crippen LogP contribution in [-0.4, -0.2) is 81.9 Å². The number of halogens is 3. The highest BCUT2D eigenvalue weighted by Crippen LogP contribution is 2.32. The van der Waals surface area contributed by atoms with Crippen molar-refractivity contribution in [2.45, 2.75) is 34.9 Å². The largest absolute Gasteiger partial charge is 0.416 e. The minimum atomic E-state index is -4.73. The maximum Gasteiger partial charge on any atom is 0.416 e. The molecule has 10 nitrogen and oxygen atoms in total. The Kier molecular flexibility index (Phi) is 10.0. The van der Waals surface area contributed by atoms with Crippen molar-refractivity contribution >= 4 is 45.1 Å². The number of hydrogen-bond donors (Lipinski definition) is 4. The van der Waals surface area contributed by atoms with Crippen molar-refractivity contribution in [1.29, 1.82) is 0 Å². The molecule has 0 bridgehead atoms. The summed E-state index contributed by atoms with van der Waals surface area (Å²) in [4.78, 5) is 40.6. The minimum Gasteiger partial charge on any atom is -0.350 e. The van der Waals surface area contributed by atoms with Crippen LogP contribution in [0.3, 0.4) is 0 Å². The summed E-state index contributed by atoms with van der Waals surface area (Å²) < 4.78 is 66.2. The first kappa shape index (κ1) is 31.6. The number of benzene rings is 2. The number of rotatable bonds is 9. The summed E-state index contributed by atoms with van der Waals surface area (Å²) in [6, 6.07) is 7.86. The van der Waals surface area contributed by atoms with Crippen LogP contribution in [0.4, 0.5) is 23.7 Å². The molecule has 0 unspecified atom stereocenters. The average Bonchev–Trinajstić information content (AvgIpc) is 2.91. The van der Waals surface area contributed by atoms with E-state index < -0.39 is 63.5 Å². The number of nitrogens with one attached hydrogen (secondary N) is 4. The van der Waals surface area contributed by atoms with Crippen LogP contribution in [0.5, 0.6) is 0 Å². The van der Waals surface area contributed by atoms with E-state index in [9.17, 15) is 36.0 Å². The van der Waals surface area contributed by atoms with Gasteiger partial charge in [0.05, 0.1) is 34.0 Å². The fraction of sp³-hybridized carbons (Fsp3) is 0.444. The third kappa shape index (κ3) is 7.95. The number of sulfone groups is 1. The summed E-state index contributed by atoms with van der Waals surface area (Å²) in [6.07, 6.45) is -1.55. The van der Waals surface area contributed by atoms with Crippen LogP contribution >= 0.6 is 11.8 Å². The molecule has 4 amide bonds. The number of amides is 4. The first-order valence-corrected chi connectivity index (χ1v) is 16.2. The van der Waals surface area contributed by atoms with Gasteiger partial charge in [-0.25, -0.2) is 13.2 Å². The molecule has 42 heavy (non-hydrogen) atoms. The fourth-order valence-corrected chi connectivity index (χ4v) is 6.80. The lowest BCUT2D eigenvalue weighted by Crippen LogP contribution is -2.54. The maximum absolute atomic E-state index is 13.3. The lowest BCUT2D eigenvalue weighted by molar-refractivity contribution is -0.137. The van der Waals surface area contributed by atoms with Gasteiger partial charge in [-0.05, 0) is 74.0 Å². The fourth-order valence-electron chi connectivity index (χ4n) is 4.69. The summed E-state index contributed by atoms with van der Waals surface area (Å²) in [5, 5.41) is 10.6. The standard InChI is InChI=1S/C27H32F3N5O5S2/c1-41-19-4-6-20(7-5-19)42(39,40)16-17-9-10-31-14-23(17)33-24(36)15-32-25(37)21-13-18(27(28,29)30)3-8-22(21)34-26(38)35-11-2-12-35/h3-8,13,17,23,31H,2,9-12,14-16H2,1H3,(H,32,37)(H,33,36)(H,34,38)/t17-,23-/m0/s1. The summed E-state index contributed by atoms with van der Waals surface area (Å²) in [5.41, 5.74) is -1.65. The van der Waals surface area contributed by atoms with Crippen molar-refractivity contribution < 1.29 is 36.0 Å². The van der Waals surface area contributed by atoms with E-state index in [0.717, 1.165) is 23.4 Å². The maximum atomic E-state index is 13.3. The van der Waals surface area contributed by atoms with E-state index >= 15 is 0 Å². The summed E-state index contributed by atoms with van der Waals surface area (Å²) >= 11 is 1.49. The molecular formula is C27H32F3N5O5S2. The van der Waals surface area contributed by atoms with Gasteiger partial charge >= 0.3 is 12.2 Å². The van der Waals surface area contributed by atoms with Crippen LogP contribution in [0.1, 0.15) is 28.8 Å². The molecular weight excluding hydrogens is 595 g/mol. The monoisotopic (exact) mass is 627 g/mol. The average molecular weight is 628 g/mol. The van der Waals surface area contributed by atoms with Gasteiger partial charge in [-0.15, -0.1) is 11.8 Å². The number of urea groups is 1. The Morgan fingerprint density at radius 2 is 1.81 bits per heavy atom. The molecule has 0 spiro atoms. The molecule has 0 aliphatic carbocycles. The number of anilines is 1. The van der Waals surface area contributed by atoms with Crippen LogP contribution in [0.2, 0.25) is 0 Å². The van der Waals surface area contributed by atoms with E-state index in [1.165, 1.54) is 16.7 Å². The number of alkyl halides is 3. The van der Waals surface area contributed by atoms with Gasteiger partial charge < -0.3 is 26.2 Å². The molecule has 228 valence electrons. The summed E-state index contributed by atoms with van der Waals surface area (Å²) in [6.45, 7) is 1.30. The first-order valence-electron chi connectivity index (χ1n) is 13.3. The van der Waals surface area contributed by atoms with Gasteiger partial charge in [-0.1, -0.05) is 0 Å². The van der Waals surface area contributed by atoms with E-state index in [0.29, 0.717) is 38.7 Å². The van der Waals surface area contributed by atoms with E-state index in [1.54, 1.807) is 24.3 Å². The minimum absolute atomic E-state index is 0.120. The molecule has 2 fully saturated rings. The summed E-state index contributed by atoms with van der Waals surface area (Å²) in [7, 11) is -3.64. The number of carbonyl (C=O) groups excluding carboxylic acids is 3. The quantitative estimate of drug-likeness (QED) is 0.314. The molecule has 2 aromatic rings. The first-order chi connectivity index (χ1) is 19.9. The smallest absolute Gasteiger partial charge is 0.350 e. The van der Waals surface area contributed by atoms with Crippen LogP contribution in [-0.2, 0) is 20.8 Å². The molecule has 15 heteroatoms. The zero-order valence-corrected chi connectivity index (χ0v) is 24.4. The molecule has 2 atom stereocenters. The normalized spacial score (nSPS) is 19.0. The predicted molar refractivity (Wildman–Crippen MR) is 152 cm³/mol. The van der Waals surface area contributed by atoms with Crippen LogP contribution in [0.25, 0.3) is 0 Å². The lowest BCUT2D eigenvalue weighted by Gasteiger charge is -2.32. The van der Waals surface area contributed by atoms with Gasteiger partial charge in [0.2, 0.25) is 5.91 Å². The Labute approximate surface area is 246 Å². The predicted octanol–water partition coefficient (Wildman–Crippen LogP) is 2.96. The van der Waals surface area contributed by atoms with Crippen LogP contribution in [0, 0.1) is 5.92 Å². The van der Waals surface area contributed by atoms with Gasteiger partial charge in [-0.3, -0.25) is 9.59 Å². The Morgan fingerprint density at radius 3 is 2.43 bits per heavy atom. The van der Waals surface area contributed by atoms with Crippen LogP contribution < -0.4 is 21.3 Å². The molecule has 0 radical (unpaired) electrons. The van der Waals surface area contributed by atoms with Gasteiger partial charge in [0, 0.05) is 30.6 Å². The number of thioether (sulfide) groups is 1. The molecule has 2 saturated heterocycles. The third-order valence-electron chi connectivity index (χ3n) is 7.21. The van der Waals surface area contributed by atoms with E-state index in [1.807, 2.05) is 6.26 Å². The third-order valence-corrected chi connectivity index (χ3v) is 9.81. The number of piperidine rings is 1. The highest BCUT2D eigenvalue weighted by molar-refractivity contribution is 7.98. The van der Waals surface area contributed by atoms with Gasteiger partial charge in [0.25, 0.3) is 5.91 Å². The van der Waals surface area contributed by atoms with Crippen LogP contribution in [0.15, 0.2) is 52.3 Å². The number of likely N-dealkylation sites (tertiary alicyclic amines) is 1. The van der Waals surface area contributed by atoms with Gasteiger partial charge in [-0.2, -0.15) is 13.2 Å². The van der Waals surface area contributed by atoms with Crippen molar-refractivity contribution in [3.63, 3.8) is 0 Å². The Hall–Kier alpha value is -3.30. The van der Waals surface area contributed by atoms with E-state index in [-0.39, 0.29) is 16.3 Å². The zero-order valence-electron chi connectivity index (χ0n) is 22.8. The molecule has 2 aliphatic rings. The molecule has 4 N–H and O–H groups in total. The second-order valence-corrected chi connectivity index (χ2v) is 13.0. The number of carbonyl (C=O) groups is 3. The second-order valence-electron chi connectivity index (χ2n) is 10.1. The summed E-state index contributed by atoms with van der Waals surface area (Å²) in [5.74, 6) is -2.20. The van der Waals surface area contributed by atoms with Crippen molar-refractivity contribution in [3.05, 3.63) is 53.6 Å². The molecule has 0 aromatic heterocycles. The Balaban J connectivity index is 1.40. The number of nitrogens with zero attached hydrogens (tertiary/aromatic N) is 1. The second kappa shape index (κ2) is 13.3. The van der Waals surface area contributed by atoms with Gasteiger partial charge in [0.15, 0.2) is 9.84 Å². The van der Waals surface area contributed by atoms with Crippen molar-refractivity contribution in [2.75, 3.05) is 50.0 Å². The highest BCUT2D eigenvalue weighted by Gasteiger charge is 2.33. The molecule has 0 saturated carbocycles. The van der Waals surface area contributed by atoms with Crippen molar-refractivity contribution in [1.82, 2.24) is 20.9 Å². The van der Waals surface area contributed by atoms with E-state index in [4.69, 9.17) is 0 Å². The van der Waals surface area contributed by atoms with Crippen molar-refractivity contribution in [2.24, 2.45) is 5.92 Å². The molecule has 2 aromatic carbocycles. The van der Waals surface area contributed by atoms with E-state index in [2.05, 4.69) is 21.3 Å². The van der Waals surface area contributed by atoms with Gasteiger partial charge in [0.1, 0.15) is 0 Å². The van der Waals surface area contributed by atoms with Crippen molar-refractivity contribution in [3.8, 4) is 0 Å². The number of hydrogen-bond acceptors (Lipinski definition) is 7. The molecule has 4 rings (SSSR count). The topological polar surface area (TPSA) is 137 Å². The molecule has 2 heterocycles. The Bertz CT molecular complexity index is 1420. The zero-order chi connectivity index (χ0) is 30.5.